The molecular formula is C17H20N4O3. The zero-order chi connectivity index (χ0) is 16.9. The van der Waals surface area contributed by atoms with Crippen LogP contribution in [0.5, 0.6) is 6.01 Å². The molecule has 0 aliphatic heterocycles. The lowest BCUT2D eigenvalue weighted by Gasteiger charge is -2.29. The molecule has 0 fully saturated rings. The van der Waals surface area contributed by atoms with E-state index in [2.05, 4.69) is 21.4 Å². The monoisotopic (exact) mass is 328 g/mol. The third-order valence-electron chi connectivity index (χ3n) is 4.13. The van der Waals surface area contributed by atoms with Gasteiger partial charge in [0, 0.05) is 12.7 Å². The van der Waals surface area contributed by atoms with Gasteiger partial charge in [0.25, 0.3) is 0 Å². The second-order valence-corrected chi connectivity index (χ2v) is 5.53. The molecule has 1 heterocycles. The number of anilines is 1. The van der Waals surface area contributed by atoms with E-state index in [9.17, 15) is 9.90 Å². The quantitative estimate of drug-likeness (QED) is 0.876. The fraction of sp³-hybridized carbons (Fsp3) is 0.353. The number of hydrogen-bond acceptors (Lipinski definition) is 5. The maximum absolute atomic E-state index is 12.7. The van der Waals surface area contributed by atoms with Crippen molar-refractivity contribution < 1.29 is 14.6 Å². The van der Waals surface area contributed by atoms with E-state index in [0.717, 1.165) is 18.4 Å². The SMILES string of the molecule is COc1nccc(NC(=O)N(CCO)C2CCc3ccccc32)n1. The Labute approximate surface area is 140 Å². The van der Waals surface area contributed by atoms with Gasteiger partial charge in [0.2, 0.25) is 0 Å². The number of rotatable bonds is 5. The standard InChI is InChI=1S/C17H20N4O3/c1-24-16-18-9-8-15(19-16)20-17(23)21(10-11-22)14-7-6-12-4-2-3-5-13(12)14/h2-5,8-9,14,22H,6-7,10-11H2,1H3,(H,18,19,20,23). The third-order valence-corrected chi connectivity index (χ3v) is 4.13. The van der Waals surface area contributed by atoms with Crippen LogP contribution in [0.3, 0.4) is 0 Å². The summed E-state index contributed by atoms with van der Waals surface area (Å²) in [5.41, 5.74) is 2.39. The van der Waals surface area contributed by atoms with Crippen LogP contribution >= 0.6 is 0 Å². The van der Waals surface area contributed by atoms with Gasteiger partial charge in [-0.25, -0.2) is 9.78 Å². The zero-order valence-corrected chi connectivity index (χ0v) is 13.5. The Bertz CT molecular complexity index is 722. The number of carbonyl (C=O) groups is 1. The van der Waals surface area contributed by atoms with Gasteiger partial charge in [0.15, 0.2) is 0 Å². The highest BCUT2D eigenvalue weighted by Crippen LogP contribution is 2.35. The summed E-state index contributed by atoms with van der Waals surface area (Å²) < 4.78 is 4.96. The smallest absolute Gasteiger partial charge is 0.323 e. The van der Waals surface area contributed by atoms with Gasteiger partial charge in [-0.15, -0.1) is 0 Å². The summed E-state index contributed by atoms with van der Waals surface area (Å²) in [5.74, 6) is 0.362. The van der Waals surface area contributed by atoms with Gasteiger partial charge in [0.05, 0.1) is 19.8 Å². The molecule has 0 spiro atoms. The lowest BCUT2D eigenvalue weighted by molar-refractivity contribution is 0.162. The van der Waals surface area contributed by atoms with Gasteiger partial charge < -0.3 is 14.7 Å². The Kier molecular flexibility index (Phi) is 4.90. The Hall–Kier alpha value is -2.67. The third kappa shape index (κ3) is 3.30. The second-order valence-electron chi connectivity index (χ2n) is 5.53. The predicted molar refractivity (Wildman–Crippen MR) is 88.9 cm³/mol. The van der Waals surface area contributed by atoms with E-state index in [1.165, 1.54) is 18.9 Å². The summed E-state index contributed by atoms with van der Waals surface area (Å²) >= 11 is 0. The minimum atomic E-state index is -0.300. The molecule has 2 N–H and O–H groups in total. The van der Waals surface area contributed by atoms with Crippen molar-refractivity contribution >= 4 is 11.8 Å². The van der Waals surface area contributed by atoms with E-state index < -0.39 is 0 Å². The number of aromatic nitrogens is 2. The summed E-state index contributed by atoms with van der Waals surface area (Å²) in [6, 6.07) is 9.54. The van der Waals surface area contributed by atoms with Crippen molar-refractivity contribution in [3.63, 3.8) is 0 Å². The van der Waals surface area contributed by atoms with Crippen molar-refractivity contribution in [1.82, 2.24) is 14.9 Å². The Balaban J connectivity index is 1.79. The predicted octanol–water partition coefficient (Wildman–Crippen LogP) is 2.00. The summed E-state index contributed by atoms with van der Waals surface area (Å²) in [5, 5.41) is 12.1. The molecule has 1 aromatic heterocycles. The molecule has 1 aliphatic rings. The molecular weight excluding hydrogens is 308 g/mol. The van der Waals surface area contributed by atoms with Crippen molar-refractivity contribution in [3.8, 4) is 6.01 Å². The number of ether oxygens (including phenoxy) is 1. The van der Waals surface area contributed by atoms with Gasteiger partial charge in [-0.05, 0) is 30.0 Å². The van der Waals surface area contributed by atoms with Crippen LogP contribution in [-0.2, 0) is 6.42 Å². The van der Waals surface area contributed by atoms with Crippen molar-refractivity contribution in [2.45, 2.75) is 18.9 Å². The van der Waals surface area contributed by atoms with Crippen LogP contribution in [0, 0.1) is 0 Å². The van der Waals surface area contributed by atoms with E-state index in [1.807, 2.05) is 18.2 Å². The molecule has 7 heteroatoms. The number of fused-ring (bicyclic) bond motifs is 1. The van der Waals surface area contributed by atoms with Crippen LogP contribution < -0.4 is 10.1 Å². The average Bonchev–Trinajstić information content (AvgIpc) is 3.03. The number of benzene rings is 1. The lowest BCUT2D eigenvalue weighted by Crippen LogP contribution is -2.39. The molecule has 0 saturated carbocycles. The molecule has 126 valence electrons. The average molecular weight is 328 g/mol. The highest BCUT2D eigenvalue weighted by Gasteiger charge is 2.30. The van der Waals surface area contributed by atoms with Crippen molar-refractivity contribution in [3.05, 3.63) is 47.7 Å². The molecule has 7 nitrogen and oxygen atoms in total. The molecule has 0 radical (unpaired) electrons. The molecule has 1 atom stereocenters. The highest BCUT2D eigenvalue weighted by molar-refractivity contribution is 5.88. The molecule has 2 aromatic rings. The number of nitrogens with one attached hydrogen (secondary N) is 1. The first-order chi connectivity index (χ1) is 11.7. The van der Waals surface area contributed by atoms with Gasteiger partial charge in [-0.1, -0.05) is 24.3 Å². The number of aliphatic hydroxyl groups is 1. The number of urea groups is 1. The maximum atomic E-state index is 12.7. The van der Waals surface area contributed by atoms with Crippen LogP contribution in [-0.4, -0.2) is 46.3 Å². The topological polar surface area (TPSA) is 87.6 Å². The van der Waals surface area contributed by atoms with Crippen molar-refractivity contribution in [1.29, 1.82) is 0 Å². The van der Waals surface area contributed by atoms with E-state index in [1.54, 1.807) is 11.0 Å². The van der Waals surface area contributed by atoms with Gasteiger partial charge in [-0.2, -0.15) is 4.98 Å². The normalized spacial score (nSPS) is 15.7. The first-order valence-electron chi connectivity index (χ1n) is 7.86. The number of carbonyl (C=O) groups excluding carboxylic acids is 1. The molecule has 2 amide bonds. The minimum absolute atomic E-state index is 0.0444. The van der Waals surface area contributed by atoms with E-state index in [4.69, 9.17) is 4.74 Å². The molecule has 1 unspecified atom stereocenters. The molecule has 24 heavy (non-hydrogen) atoms. The number of nitrogens with zero attached hydrogens (tertiary/aromatic N) is 3. The first-order valence-corrected chi connectivity index (χ1v) is 7.86. The highest BCUT2D eigenvalue weighted by atomic mass is 16.5. The van der Waals surface area contributed by atoms with Crippen LogP contribution in [0.1, 0.15) is 23.6 Å². The van der Waals surface area contributed by atoms with E-state index in [-0.39, 0.29) is 31.2 Å². The Morgan fingerprint density at radius 2 is 2.25 bits per heavy atom. The van der Waals surface area contributed by atoms with Gasteiger partial charge in [0.1, 0.15) is 5.82 Å². The molecule has 0 bridgehead atoms. The molecule has 0 saturated heterocycles. The zero-order valence-electron chi connectivity index (χ0n) is 13.5. The van der Waals surface area contributed by atoms with Gasteiger partial charge >= 0.3 is 12.0 Å². The Morgan fingerprint density at radius 3 is 3.04 bits per heavy atom. The summed E-state index contributed by atoms with van der Waals surface area (Å²) in [7, 11) is 1.47. The Morgan fingerprint density at radius 1 is 1.42 bits per heavy atom. The first kappa shape index (κ1) is 16.2. The maximum Gasteiger partial charge on any atom is 0.323 e. The largest absolute Gasteiger partial charge is 0.467 e. The summed E-state index contributed by atoms with van der Waals surface area (Å²) in [6.07, 6.45) is 3.29. The van der Waals surface area contributed by atoms with Crippen LogP contribution in [0.15, 0.2) is 36.5 Å². The number of amides is 2. The van der Waals surface area contributed by atoms with E-state index >= 15 is 0 Å². The molecule has 1 aliphatic carbocycles. The van der Waals surface area contributed by atoms with Crippen LogP contribution in [0.25, 0.3) is 0 Å². The lowest BCUT2D eigenvalue weighted by atomic mass is 10.1. The second kappa shape index (κ2) is 7.27. The fourth-order valence-electron chi connectivity index (χ4n) is 3.06. The van der Waals surface area contributed by atoms with Crippen molar-refractivity contribution in [2.24, 2.45) is 0 Å². The van der Waals surface area contributed by atoms with Crippen LogP contribution in [0.2, 0.25) is 0 Å². The number of methoxy groups -OCH3 is 1. The van der Waals surface area contributed by atoms with Crippen LogP contribution in [0.4, 0.5) is 10.6 Å². The number of hydrogen-bond donors (Lipinski definition) is 2. The minimum Gasteiger partial charge on any atom is -0.467 e. The fourth-order valence-corrected chi connectivity index (χ4v) is 3.06. The van der Waals surface area contributed by atoms with Crippen molar-refractivity contribution in [2.75, 3.05) is 25.6 Å². The van der Waals surface area contributed by atoms with Gasteiger partial charge in [-0.3, -0.25) is 5.32 Å². The number of aliphatic hydroxyl groups excluding tert-OH is 1. The number of aryl methyl sites for hydroxylation is 1. The molecule has 3 rings (SSSR count). The summed E-state index contributed by atoms with van der Waals surface area (Å²) in [6.45, 7) is 0.159. The summed E-state index contributed by atoms with van der Waals surface area (Å²) in [4.78, 5) is 22.4. The molecule has 1 aromatic carbocycles. The van der Waals surface area contributed by atoms with E-state index in [0.29, 0.717) is 5.82 Å².